The highest BCUT2D eigenvalue weighted by Crippen LogP contribution is 2.26. The van der Waals surface area contributed by atoms with E-state index in [2.05, 4.69) is 0 Å². The van der Waals surface area contributed by atoms with Crippen LogP contribution in [-0.4, -0.2) is 23.5 Å². The summed E-state index contributed by atoms with van der Waals surface area (Å²) in [6.07, 6.45) is 1.01. The Bertz CT molecular complexity index is 531. The van der Waals surface area contributed by atoms with Crippen LogP contribution in [0.3, 0.4) is 0 Å². The molecule has 0 saturated carbocycles. The predicted octanol–water partition coefficient (Wildman–Crippen LogP) is 1.78. The third kappa shape index (κ3) is 3.10. The second kappa shape index (κ2) is 5.53. The van der Waals surface area contributed by atoms with E-state index in [9.17, 15) is 9.59 Å². The fraction of sp³-hybridized carbons (Fsp3) is 0.357. The molecule has 1 aromatic rings. The summed E-state index contributed by atoms with van der Waals surface area (Å²) in [5.41, 5.74) is 1.31. The van der Waals surface area contributed by atoms with Crippen molar-refractivity contribution in [1.82, 2.24) is 0 Å². The van der Waals surface area contributed by atoms with Gasteiger partial charge in [-0.05, 0) is 36.6 Å². The van der Waals surface area contributed by atoms with E-state index in [4.69, 9.17) is 10.4 Å². The molecule has 98 valence electrons. The van der Waals surface area contributed by atoms with Crippen LogP contribution in [-0.2, 0) is 9.59 Å². The van der Waals surface area contributed by atoms with E-state index in [-0.39, 0.29) is 24.7 Å². The number of carbonyl (C=O) groups is 2. The fourth-order valence-electron chi connectivity index (χ4n) is 2.31. The Balaban J connectivity index is 2.05. The highest BCUT2D eigenvalue weighted by Gasteiger charge is 2.27. The van der Waals surface area contributed by atoms with E-state index >= 15 is 0 Å². The van der Waals surface area contributed by atoms with Gasteiger partial charge in [-0.2, -0.15) is 5.26 Å². The van der Waals surface area contributed by atoms with Gasteiger partial charge in [-0.25, -0.2) is 0 Å². The molecule has 1 amide bonds. The second-order valence-corrected chi connectivity index (χ2v) is 4.66. The van der Waals surface area contributed by atoms with Gasteiger partial charge in [0.2, 0.25) is 5.91 Å². The van der Waals surface area contributed by atoms with E-state index in [0.29, 0.717) is 18.5 Å². The van der Waals surface area contributed by atoms with Gasteiger partial charge in [0.15, 0.2) is 0 Å². The Kier molecular flexibility index (Phi) is 3.81. The van der Waals surface area contributed by atoms with Crippen LogP contribution in [0.15, 0.2) is 24.3 Å². The molecule has 1 atom stereocenters. The van der Waals surface area contributed by atoms with Crippen LogP contribution in [0.5, 0.6) is 0 Å². The van der Waals surface area contributed by atoms with Crippen molar-refractivity contribution in [2.45, 2.75) is 19.3 Å². The molecule has 1 unspecified atom stereocenters. The number of carboxylic acids is 1. The van der Waals surface area contributed by atoms with Crippen LogP contribution in [0.25, 0.3) is 0 Å². The lowest BCUT2D eigenvalue weighted by Crippen LogP contribution is -2.39. The quantitative estimate of drug-likeness (QED) is 0.895. The van der Waals surface area contributed by atoms with Crippen molar-refractivity contribution in [3.05, 3.63) is 29.8 Å². The van der Waals surface area contributed by atoms with Crippen molar-refractivity contribution in [3.8, 4) is 6.07 Å². The van der Waals surface area contributed by atoms with Gasteiger partial charge in [-0.15, -0.1) is 0 Å². The normalized spacial score (nSPS) is 19.0. The number of benzene rings is 1. The standard InChI is InChI=1S/C14H14N2O3/c15-9-10-1-3-12(4-2-10)16-6-5-11(7-13(16)17)8-14(18)19/h1-4,11H,5-8H2,(H,18,19). The van der Waals surface area contributed by atoms with Gasteiger partial charge in [0.05, 0.1) is 11.6 Å². The number of aliphatic carboxylic acids is 1. The summed E-state index contributed by atoms with van der Waals surface area (Å²) in [5.74, 6) is -0.980. The zero-order chi connectivity index (χ0) is 13.8. The molecule has 1 saturated heterocycles. The number of hydrogen-bond donors (Lipinski definition) is 1. The number of rotatable bonds is 3. The maximum Gasteiger partial charge on any atom is 0.303 e. The highest BCUT2D eigenvalue weighted by molar-refractivity contribution is 5.94. The molecule has 1 heterocycles. The summed E-state index contributed by atoms with van der Waals surface area (Å²) in [5, 5.41) is 17.5. The molecule has 1 fully saturated rings. The van der Waals surface area contributed by atoms with Crippen molar-refractivity contribution >= 4 is 17.6 Å². The average molecular weight is 258 g/mol. The highest BCUT2D eigenvalue weighted by atomic mass is 16.4. The minimum absolute atomic E-state index is 0.0486. The summed E-state index contributed by atoms with van der Waals surface area (Å²) in [4.78, 5) is 24.3. The minimum Gasteiger partial charge on any atom is -0.481 e. The Morgan fingerprint density at radius 3 is 2.63 bits per heavy atom. The zero-order valence-corrected chi connectivity index (χ0v) is 10.4. The molecule has 0 spiro atoms. The third-order valence-electron chi connectivity index (χ3n) is 3.30. The second-order valence-electron chi connectivity index (χ2n) is 4.66. The first kappa shape index (κ1) is 13.1. The monoisotopic (exact) mass is 258 g/mol. The number of hydrogen-bond acceptors (Lipinski definition) is 3. The first-order valence-corrected chi connectivity index (χ1v) is 6.12. The summed E-state index contributed by atoms with van der Waals surface area (Å²) in [6.45, 7) is 0.530. The molecule has 1 aliphatic rings. The van der Waals surface area contributed by atoms with Crippen LogP contribution in [0.2, 0.25) is 0 Å². The van der Waals surface area contributed by atoms with Gasteiger partial charge in [-0.3, -0.25) is 9.59 Å². The molecule has 0 aromatic heterocycles. The SMILES string of the molecule is N#Cc1ccc(N2CCC(CC(=O)O)CC2=O)cc1. The largest absolute Gasteiger partial charge is 0.481 e. The van der Waals surface area contributed by atoms with Crippen LogP contribution in [0, 0.1) is 17.2 Å². The summed E-state index contributed by atoms with van der Waals surface area (Å²) in [6, 6.07) is 8.86. The van der Waals surface area contributed by atoms with E-state index in [0.717, 1.165) is 5.69 Å². The van der Waals surface area contributed by atoms with E-state index in [1.165, 1.54) is 0 Å². The lowest BCUT2D eigenvalue weighted by molar-refractivity contribution is -0.138. The Morgan fingerprint density at radius 1 is 1.42 bits per heavy atom. The van der Waals surface area contributed by atoms with E-state index in [1.54, 1.807) is 29.2 Å². The van der Waals surface area contributed by atoms with Gasteiger partial charge in [-0.1, -0.05) is 0 Å². The number of carbonyl (C=O) groups excluding carboxylic acids is 1. The smallest absolute Gasteiger partial charge is 0.303 e. The summed E-state index contributed by atoms with van der Waals surface area (Å²) in [7, 11) is 0. The zero-order valence-electron chi connectivity index (χ0n) is 10.4. The number of anilines is 1. The minimum atomic E-state index is -0.857. The van der Waals surface area contributed by atoms with Crippen molar-refractivity contribution in [3.63, 3.8) is 0 Å². The molecule has 0 radical (unpaired) electrons. The number of carboxylic acid groups (broad SMARTS) is 1. The maximum absolute atomic E-state index is 12.0. The molecule has 1 aliphatic heterocycles. The van der Waals surface area contributed by atoms with Gasteiger partial charge >= 0.3 is 5.97 Å². The number of amides is 1. The molecule has 0 bridgehead atoms. The van der Waals surface area contributed by atoms with Gasteiger partial charge in [0.1, 0.15) is 0 Å². The first-order valence-electron chi connectivity index (χ1n) is 6.12. The van der Waals surface area contributed by atoms with Crippen LogP contribution >= 0.6 is 0 Å². The van der Waals surface area contributed by atoms with E-state index < -0.39 is 5.97 Å². The van der Waals surface area contributed by atoms with Gasteiger partial charge < -0.3 is 10.0 Å². The van der Waals surface area contributed by atoms with Crippen molar-refractivity contribution in [1.29, 1.82) is 5.26 Å². The molecule has 5 heteroatoms. The Hall–Kier alpha value is -2.35. The summed E-state index contributed by atoms with van der Waals surface area (Å²) < 4.78 is 0. The molecule has 19 heavy (non-hydrogen) atoms. The van der Waals surface area contributed by atoms with Crippen LogP contribution < -0.4 is 4.90 Å². The van der Waals surface area contributed by atoms with Crippen molar-refractivity contribution < 1.29 is 14.7 Å². The molecule has 1 N–H and O–H groups in total. The van der Waals surface area contributed by atoms with E-state index in [1.807, 2.05) is 6.07 Å². The molecular weight excluding hydrogens is 244 g/mol. The van der Waals surface area contributed by atoms with Crippen molar-refractivity contribution in [2.24, 2.45) is 5.92 Å². The maximum atomic E-state index is 12.0. The lowest BCUT2D eigenvalue weighted by atomic mass is 9.92. The topological polar surface area (TPSA) is 81.4 Å². The van der Waals surface area contributed by atoms with Gasteiger partial charge in [0.25, 0.3) is 0 Å². The molecular formula is C14H14N2O3. The first-order chi connectivity index (χ1) is 9.10. The predicted molar refractivity (Wildman–Crippen MR) is 68.5 cm³/mol. The van der Waals surface area contributed by atoms with Gasteiger partial charge in [0, 0.05) is 25.1 Å². The Morgan fingerprint density at radius 2 is 2.11 bits per heavy atom. The lowest BCUT2D eigenvalue weighted by Gasteiger charge is -2.31. The molecule has 0 aliphatic carbocycles. The Labute approximate surface area is 111 Å². The van der Waals surface area contributed by atoms with Crippen LogP contribution in [0.1, 0.15) is 24.8 Å². The number of nitrogens with zero attached hydrogens (tertiary/aromatic N) is 2. The third-order valence-corrected chi connectivity index (χ3v) is 3.30. The number of nitriles is 1. The fourth-order valence-corrected chi connectivity index (χ4v) is 2.31. The number of piperidine rings is 1. The van der Waals surface area contributed by atoms with Crippen LogP contribution in [0.4, 0.5) is 5.69 Å². The summed E-state index contributed by atoms with van der Waals surface area (Å²) >= 11 is 0. The molecule has 5 nitrogen and oxygen atoms in total. The molecule has 1 aromatic carbocycles. The van der Waals surface area contributed by atoms with Crippen molar-refractivity contribution in [2.75, 3.05) is 11.4 Å². The average Bonchev–Trinajstić information content (AvgIpc) is 2.38. The molecule has 2 rings (SSSR count).